The van der Waals surface area contributed by atoms with Gasteiger partial charge in [0.2, 0.25) is 0 Å². The second kappa shape index (κ2) is 6.35. The highest BCUT2D eigenvalue weighted by atomic mass is 16.5. The Morgan fingerprint density at radius 3 is 2.46 bits per heavy atom. The minimum Gasteiger partial charge on any atom is -0.383 e. The molecule has 0 spiro atoms. The quantitative estimate of drug-likeness (QED) is 0.702. The van der Waals surface area contributed by atoms with Crippen molar-refractivity contribution in [1.82, 2.24) is 10.2 Å². The highest BCUT2D eigenvalue weighted by molar-refractivity contribution is 4.70. The molecule has 0 aromatic carbocycles. The van der Waals surface area contributed by atoms with E-state index < -0.39 is 0 Å². The summed E-state index contributed by atoms with van der Waals surface area (Å²) in [6, 6.07) is 0.572. The van der Waals surface area contributed by atoms with Gasteiger partial charge >= 0.3 is 0 Å². The van der Waals surface area contributed by atoms with E-state index >= 15 is 0 Å². The van der Waals surface area contributed by atoms with Crippen LogP contribution in [0, 0.1) is 0 Å². The van der Waals surface area contributed by atoms with Gasteiger partial charge in [-0.1, -0.05) is 0 Å². The van der Waals surface area contributed by atoms with Crippen LogP contribution in [0.5, 0.6) is 0 Å². The maximum Gasteiger partial charge on any atom is 0.0615 e. The number of rotatable bonds is 3. The molecule has 1 fully saturated rings. The second-order valence-corrected chi connectivity index (χ2v) is 3.80. The number of ether oxygens (including phenoxy) is 1. The third kappa shape index (κ3) is 4.07. The van der Waals surface area contributed by atoms with Gasteiger partial charge in [0.15, 0.2) is 0 Å². The highest BCUT2D eigenvalue weighted by Crippen LogP contribution is 2.03. The summed E-state index contributed by atoms with van der Waals surface area (Å²) >= 11 is 0. The maximum atomic E-state index is 5.17. The summed E-state index contributed by atoms with van der Waals surface area (Å²) in [6.07, 6.45) is 2.52. The van der Waals surface area contributed by atoms with Gasteiger partial charge in [-0.05, 0) is 45.9 Å². The number of nitrogens with one attached hydrogen (secondary N) is 1. The van der Waals surface area contributed by atoms with E-state index in [0.29, 0.717) is 6.04 Å². The van der Waals surface area contributed by atoms with Crippen molar-refractivity contribution < 1.29 is 4.74 Å². The minimum atomic E-state index is 0.572. The fourth-order valence-electron chi connectivity index (χ4n) is 1.84. The Balaban J connectivity index is 2.27. The number of nitrogens with zero attached hydrogens (tertiary/aromatic N) is 1. The molecule has 1 heterocycles. The Labute approximate surface area is 81.4 Å². The predicted molar refractivity (Wildman–Crippen MR) is 55.0 cm³/mol. The van der Waals surface area contributed by atoms with Gasteiger partial charge in [0.25, 0.3) is 0 Å². The molecule has 0 saturated carbocycles. The summed E-state index contributed by atoms with van der Waals surface area (Å²) in [5, 5.41) is 3.42. The number of hydrogen-bond acceptors (Lipinski definition) is 3. The van der Waals surface area contributed by atoms with E-state index in [1.54, 1.807) is 7.11 Å². The van der Waals surface area contributed by atoms with Crippen LogP contribution in [-0.2, 0) is 4.74 Å². The number of methoxy groups -OCH3 is 1. The summed E-state index contributed by atoms with van der Waals surface area (Å²) < 4.78 is 5.17. The third-order valence-corrected chi connectivity index (χ3v) is 2.63. The van der Waals surface area contributed by atoms with Crippen LogP contribution in [-0.4, -0.2) is 50.8 Å². The first-order chi connectivity index (χ1) is 6.34. The molecule has 78 valence electrons. The molecule has 1 rings (SSSR count). The van der Waals surface area contributed by atoms with Crippen LogP contribution in [0.3, 0.4) is 0 Å². The first kappa shape index (κ1) is 11.0. The van der Waals surface area contributed by atoms with E-state index in [0.717, 1.165) is 19.7 Å². The zero-order valence-electron chi connectivity index (χ0n) is 8.88. The van der Waals surface area contributed by atoms with Gasteiger partial charge in [0.1, 0.15) is 0 Å². The van der Waals surface area contributed by atoms with Gasteiger partial charge < -0.3 is 10.1 Å². The molecule has 1 N–H and O–H groups in total. The monoisotopic (exact) mass is 186 g/mol. The lowest BCUT2D eigenvalue weighted by Gasteiger charge is -2.30. The SMILES string of the molecule is COCC(C)N1CCCNCCC1. The van der Waals surface area contributed by atoms with Crippen molar-refractivity contribution in [1.29, 1.82) is 0 Å². The fraction of sp³-hybridized carbons (Fsp3) is 1.00. The molecule has 0 aromatic rings. The zero-order valence-corrected chi connectivity index (χ0v) is 8.88. The lowest BCUT2D eigenvalue weighted by molar-refractivity contribution is 0.0947. The van der Waals surface area contributed by atoms with E-state index in [2.05, 4.69) is 17.1 Å². The average Bonchev–Trinajstić information content (AvgIpc) is 2.03. The van der Waals surface area contributed by atoms with Crippen molar-refractivity contribution >= 4 is 0 Å². The molecule has 1 unspecified atom stereocenters. The molecule has 0 bridgehead atoms. The lowest BCUT2D eigenvalue weighted by Crippen LogP contribution is -2.41. The Morgan fingerprint density at radius 2 is 1.92 bits per heavy atom. The van der Waals surface area contributed by atoms with Crippen LogP contribution in [0.15, 0.2) is 0 Å². The summed E-state index contributed by atoms with van der Waals surface area (Å²) in [5.74, 6) is 0. The van der Waals surface area contributed by atoms with Crippen molar-refractivity contribution in [3.05, 3.63) is 0 Å². The third-order valence-electron chi connectivity index (χ3n) is 2.63. The molecule has 1 aliphatic rings. The second-order valence-electron chi connectivity index (χ2n) is 3.80. The molecule has 1 saturated heterocycles. The van der Waals surface area contributed by atoms with Gasteiger partial charge in [-0.25, -0.2) is 0 Å². The summed E-state index contributed by atoms with van der Waals surface area (Å²) in [5.41, 5.74) is 0. The normalized spacial score (nSPS) is 23.5. The van der Waals surface area contributed by atoms with E-state index in [1.165, 1.54) is 25.9 Å². The topological polar surface area (TPSA) is 24.5 Å². The van der Waals surface area contributed by atoms with Crippen molar-refractivity contribution in [2.24, 2.45) is 0 Å². The molecule has 1 aliphatic heterocycles. The molecule has 0 aliphatic carbocycles. The van der Waals surface area contributed by atoms with E-state index in [1.807, 2.05) is 0 Å². The van der Waals surface area contributed by atoms with Crippen LogP contribution in [0.25, 0.3) is 0 Å². The molecule has 0 radical (unpaired) electrons. The molecule has 0 aromatic heterocycles. The zero-order chi connectivity index (χ0) is 9.52. The molecule has 3 heteroatoms. The van der Waals surface area contributed by atoms with Crippen LogP contribution in [0.2, 0.25) is 0 Å². The summed E-state index contributed by atoms with van der Waals surface area (Å²) in [6.45, 7) is 7.84. The number of hydrogen-bond donors (Lipinski definition) is 1. The maximum absolute atomic E-state index is 5.17. The van der Waals surface area contributed by atoms with Crippen molar-refractivity contribution in [2.75, 3.05) is 39.9 Å². The predicted octanol–water partition coefficient (Wildman–Crippen LogP) is 0.707. The fourth-order valence-corrected chi connectivity index (χ4v) is 1.84. The average molecular weight is 186 g/mol. The minimum absolute atomic E-state index is 0.572. The lowest BCUT2D eigenvalue weighted by atomic mass is 10.2. The van der Waals surface area contributed by atoms with Gasteiger partial charge in [-0.15, -0.1) is 0 Å². The van der Waals surface area contributed by atoms with E-state index in [-0.39, 0.29) is 0 Å². The molecular formula is C10H22N2O. The molecular weight excluding hydrogens is 164 g/mol. The van der Waals surface area contributed by atoms with Gasteiger partial charge in [0, 0.05) is 13.2 Å². The van der Waals surface area contributed by atoms with Crippen molar-refractivity contribution in [3.8, 4) is 0 Å². The molecule has 1 atom stereocenters. The van der Waals surface area contributed by atoms with Crippen LogP contribution < -0.4 is 5.32 Å². The van der Waals surface area contributed by atoms with Crippen molar-refractivity contribution in [3.63, 3.8) is 0 Å². The van der Waals surface area contributed by atoms with Crippen LogP contribution in [0.1, 0.15) is 19.8 Å². The van der Waals surface area contributed by atoms with Crippen LogP contribution >= 0.6 is 0 Å². The van der Waals surface area contributed by atoms with Gasteiger partial charge in [-0.3, -0.25) is 4.90 Å². The molecule has 0 amide bonds. The summed E-state index contributed by atoms with van der Waals surface area (Å²) in [4.78, 5) is 2.53. The Kier molecular flexibility index (Phi) is 5.35. The Hall–Kier alpha value is -0.120. The largest absolute Gasteiger partial charge is 0.383 e. The molecule has 13 heavy (non-hydrogen) atoms. The summed E-state index contributed by atoms with van der Waals surface area (Å²) in [7, 11) is 1.78. The van der Waals surface area contributed by atoms with E-state index in [4.69, 9.17) is 4.74 Å². The van der Waals surface area contributed by atoms with E-state index in [9.17, 15) is 0 Å². The van der Waals surface area contributed by atoms with Gasteiger partial charge in [0.05, 0.1) is 6.61 Å². The van der Waals surface area contributed by atoms with Crippen molar-refractivity contribution in [2.45, 2.75) is 25.8 Å². The first-order valence-corrected chi connectivity index (χ1v) is 5.28. The molecule has 3 nitrogen and oxygen atoms in total. The highest BCUT2D eigenvalue weighted by Gasteiger charge is 2.13. The Bertz CT molecular complexity index is 122. The van der Waals surface area contributed by atoms with Gasteiger partial charge in [-0.2, -0.15) is 0 Å². The first-order valence-electron chi connectivity index (χ1n) is 5.28. The smallest absolute Gasteiger partial charge is 0.0615 e. The Morgan fingerprint density at radius 1 is 1.31 bits per heavy atom. The standard InChI is InChI=1S/C10H22N2O/c1-10(9-13-2)12-7-3-5-11-6-4-8-12/h10-11H,3-9H2,1-2H3. The van der Waals surface area contributed by atoms with Crippen LogP contribution in [0.4, 0.5) is 0 Å².